The van der Waals surface area contributed by atoms with E-state index in [4.69, 9.17) is 0 Å². The van der Waals surface area contributed by atoms with E-state index in [1.54, 1.807) is 0 Å². The summed E-state index contributed by atoms with van der Waals surface area (Å²) in [6, 6.07) is 8.30. The van der Waals surface area contributed by atoms with E-state index >= 15 is 0 Å². The number of benzene rings is 1. The Morgan fingerprint density at radius 2 is 2.09 bits per heavy atom. The molecule has 1 aromatic carbocycles. The Kier molecular flexibility index (Phi) is 1.35. The summed E-state index contributed by atoms with van der Waals surface area (Å²) >= 11 is 0. The molecule has 1 heterocycles. The van der Waals surface area contributed by atoms with E-state index in [0.29, 0.717) is 0 Å². The normalized spacial score (nSPS) is 10.3. The molecule has 1 nitrogen and oxygen atoms in total. The minimum Gasteiger partial charge on any atom is -0.264 e. The van der Waals surface area contributed by atoms with Crippen LogP contribution in [-0.2, 0) is 0 Å². The van der Waals surface area contributed by atoms with Crippen LogP contribution in [-0.4, -0.2) is 4.98 Å². The predicted octanol–water partition coefficient (Wildman–Crippen LogP) is 2.54. The highest BCUT2D eigenvalue weighted by molar-refractivity contribution is 5.84. The van der Waals surface area contributed by atoms with Crippen molar-refractivity contribution in [1.29, 1.82) is 0 Å². The van der Waals surface area contributed by atoms with Crippen molar-refractivity contribution in [2.24, 2.45) is 0 Å². The van der Waals surface area contributed by atoms with Gasteiger partial charge in [-0.2, -0.15) is 0 Å². The fourth-order valence-corrected chi connectivity index (χ4v) is 1.27. The molecule has 0 fully saturated rings. The summed E-state index contributed by atoms with van der Waals surface area (Å²) < 4.78 is 0. The van der Waals surface area contributed by atoms with Crippen LogP contribution in [0.4, 0.5) is 0 Å². The number of pyridine rings is 1. The third-order valence-electron chi connectivity index (χ3n) is 1.90. The zero-order valence-corrected chi connectivity index (χ0v) is 6.41. The zero-order valence-electron chi connectivity index (χ0n) is 6.41. The Labute approximate surface area is 65.7 Å². The molecule has 0 bridgehead atoms. The van der Waals surface area contributed by atoms with E-state index in [9.17, 15) is 0 Å². The van der Waals surface area contributed by atoms with Crippen LogP contribution in [0.15, 0.2) is 36.7 Å². The number of aromatic nitrogens is 1. The maximum atomic E-state index is 4.07. The fraction of sp³-hybridized carbons (Fsp3) is 0.100. The summed E-state index contributed by atoms with van der Waals surface area (Å²) in [5.74, 6) is 0. The first-order valence-electron chi connectivity index (χ1n) is 3.67. The first-order valence-corrected chi connectivity index (χ1v) is 3.67. The number of rotatable bonds is 0. The van der Waals surface area contributed by atoms with Crippen LogP contribution >= 0.6 is 0 Å². The van der Waals surface area contributed by atoms with Crippen molar-refractivity contribution in [3.63, 3.8) is 0 Å². The van der Waals surface area contributed by atoms with Gasteiger partial charge in [-0.25, -0.2) is 0 Å². The van der Waals surface area contributed by atoms with E-state index in [2.05, 4.69) is 30.1 Å². The van der Waals surface area contributed by atoms with Gasteiger partial charge in [-0.1, -0.05) is 18.2 Å². The lowest BCUT2D eigenvalue weighted by atomic mass is 10.1. The van der Waals surface area contributed by atoms with Gasteiger partial charge < -0.3 is 0 Å². The topological polar surface area (TPSA) is 12.9 Å². The van der Waals surface area contributed by atoms with Crippen molar-refractivity contribution in [1.82, 2.24) is 4.98 Å². The van der Waals surface area contributed by atoms with Crippen molar-refractivity contribution in [2.75, 3.05) is 0 Å². The Morgan fingerprint density at radius 1 is 1.18 bits per heavy atom. The van der Waals surface area contributed by atoms with Crippen molar-refractivity contribution in [2.45, 2.75) is 6.92 Å². The van der Waals surface area contributed by atoms with Crippen LogP contribution in [0.25, 0.3) is 10.8 Å². The minimum atomic E-state index is 1.25. The largest absolute Gasteiger partial charge is 0.264 e. The summed E-state index contributed by atoms with van der Waals surface area (Å²) in [5, 5.41) is 2.51. The van der Waals surface area contributed by atoms with Crippen molar-refractivity contribution in [3.8, 4) is 0 Å². The van der Waals surface area contributed by atoms with Gasteiger partial charge >= 0.3 is 0 Å². The quantitative estimate of drug-likeness (QED) is 0.552. The number of hydrogen-bond donors (Lipinski definition) is 0. The second kappa shape index (κ2) is 2.35. The SMILES string of the molecule is Cc1cccc2ccncc12. The second-order valence-electron chi connectivity index (χ2n) is 2.67. The molecule has 1 heteroatoms. The molecule has 11 heavy (non-hydrogen) atoms. The smallest absolute Gasteiger partial charge is 0.0349 e. The Balaban J connectivity index is 2.91. The summed E-state index contributed by atoms with van der Waals surface area (Å²) in [7, 11) is 0. The van der Waals surface area contributed by atoms with Gasteiger partial charge in [-0.15, -0.1) is 0 Å². The summed E-state index contributed by atoms with van der Waals surface area (Å²) in [4.78, 5) is 4.07. The molecular formula is C10H9N. The predicted molar refractivity (Wildman–Crippen MR) is 46.5 cm³/mol. The molecule has 0 aliphatic heterocycles. The summed E-state index contributed by atoms with van der Waals surface area (Å²) in [6.07, 6.45) is 3.73. The van der Waals surface area contributed by atoms with Crippen LogP contribution in [0.2, 0.25) is 0 Å². The molecule has 0 saturated heterocycles. The van der Waals surface area contributed by atoms with E-state index in [0.717, 1.165) is 0 Å². The van der Waals surface area contributed by atoms with Crippen LogP contribution in [0.3, 0.4) is 0 Å². The summed E-state index contributed by atoms with van der Waals surface area (Å²) in [6.45, 7) is 2.10. The third kappa shape index (κ3) is 0.984. The highest BCUT2D eigenvalue weighted by Gasteiger charge is 1.92. The van der Waals surface area contributed by atoms with Crippen LogP contribution in [0.5, 0.6) is 0 Å². The first kappa shape index (κ1) is 6.35. The van der Waals surface area contributed by atoms with Gasteiger partial charge in [0.1, 0.15) is 0 Å². The maximum absolute atomic E-state index is 4.07. The molecule has 0 amide bonds. The van der Waals surface area contributed by atoms with Crippen LogP contribution < -0.4 is 0 Å². The number of hydrogen-bond acceptors (Lipinski definition) is 1. The lowest BCUT2D eigenvalue weighted by Crippen LogP contribution is -1.78. The van der Waals surface area contributed by atoms with Gasteiger partial charge in [0.2, 0.25) is 0 Å². The van der Waals surface area contributed by atoms with E-state index in [1.165, 1.54) is 16.3 Å². The molecule has 2 aromatic rings. The van der Waals surface area contributed by atoms with Gasteiger partial charge in [0.25, 0.3) is 0 Å². The van der Waals surface area contributed by atoms with Crippen LogP contribution in [0, 0.1) is 6.92 Å². The lowest BCUT2D eigenvalue weighted by Gasteiger charge is -1.98. The molecule has 0 aliphatic carbocycles. The Bertz CT molecular complexity index is 374. The van der Waals surface area contributed by atoms with Gasteiger partial charge in [0.15, 0.2) is 0 Å². The molecule has 0 aliphatic rings. The fourth-order valence-electron chi connectivity index (χ4n) is 1.27. The maximum Gasteiger partial charge on any atom is 0.0349 e. The van der Waals surface area contributed by atoms with Gasteiger partial charge in [0.05, 0.1) is 0 Å². The van der Waals surface area contributed by atoms with E-state index in [1.807, 2.05) is 18.5 Å². The number of nitrogens with zero attached hydrogens (tertiary/aromatic N) is 1. The molecule has 0 spiro atoms. The number of fused-ring (bicyclic) bond motifs is 1. The highest BCUT2D eigenvalue weighted by atomic mass is 14.6. The third-order valence-corrected chi connectivity index (χ3v) is 1.90. The molecule has 0 saturated carbocycles. The highest BCUT2D eigenvalue weighted by Crippen LogP contribution is 2.15. The minimum absolute atomic E-state index is 1.25. The Hall–Kier alpha value is -1.37. The van der Waals surface area contributed by atoms with E-state index < -0.39 is 0 Å². The van der Waals surface area contributed by atoms with Crippen molar-refractivity contribution in [3.05, 3.63) is 42.2 Å². The van der Waals surface area contributed by atoms with Crippen molar-refractivity contribution < 1.29 is 0 Å². The average Bonchev–Trinajstić information content (AvgIpc) is 2.06. The van der Waals surface area contributed by atoms with Crippen LogP contribution in [0.1, 0.15) is 5.56 Å². The number of aryl methyl sites for hydroxylation is 1. The molecule has 2 rings (SSSR count). The first-order chi connectivity index (χ1) is 5.38. The standard InChI is InChI=1S/C10H9N/c1-8-3-2-4-9-5-6-11-7-10(8)9/h2-7H,1H3. The molecule has 1 aromatic heterocycles. The molecule has 0 radical (unpaired) electrons. The zero-order chi connectivity index (χ0) is 7.68. The van der Waals surface area contributed by atoms with Gasteiger partial charge in [-0.3, -0.25) is 4.98 Å². The van der Waals surface area contributed by atoms with Gasteiger partial charge in [0, 0.05) is 17.8 Å². The second-order valence-corrected chi connectivity index (χ2v) is 2.67. The van der Waals surface area contributed by atoms with E-state index in [-0.39, 0.29) is 0 Å². The van der Waals surface area contributed by atoms with Gasteiger partial charge in [-0.05, 0) is 23.9 Å². The molecule has 0 N–H and O–H groups in total. The average molecular weight is 143 g/mol. The molecule has 0 atom stereocenters. The molecular weight excluding hydrogens is 134 g/mol. The monoisotopic (exact) mass is 143 g/mol. The van der Waals surface area contributed by atoms with Crippen molar-refractivity contribution >= 4 is 10.8 Å². The molecule has 0 unspecified atom stereocenters. The lowest BCUT2D eigenvalue weighted by molar-refractivity contribution is 1.35. The Morgan fingerprint density at radius 3 is 2.91 bits per heavy atom. The molecule has 54 valence electrons. The summed E-state index contributed by atoms with van der Waals surface area (Å²) in [5.41, 5.74) is 1.29.